The highest BCUT2D eigenvalue weighted by Gasteiger charge is 2.37. The van der Waals surface area contributed by atoms with Gasteiger partial charge in [0.25, 0.3) is 0 Å². The van der Waals surface area contributed by atoms with Crippen LogP contribution >= 0.6 is 0 Å². The zero-order valence-electron chi connectivity index (χ0n) is 15.3. The smallest absolute Gasteiger partial charge is 0.323 e. The SMILES string of the molecule is CNc1ncnc2[nH]ccc12.O=C(Nc1ccn[nH]1)N1CC2CCCC2C1. The number of urea groups is 1. The molecule has 2 fully saturated rings. The van der Waals surface area contributed by atoms with Crippen LogP contribution in [0.3, 0.4) is 0 Å². The lowest BCUT2D eigenvalue weighted by Gasteiger charge is -2.17. The molecule has 1 aliphatic carbocycles. The van der Waals surface area contributed by atoms with Crippen molar-refractivity contribution in [3.05, 3.63) is 30.9 Å². The van der Waals surface area contributed by atoms with E-state index in [0.29, 0.717) is 5.82 Å². The van der Waals surface area contributed by atoms with Gasteiger partial charge in [0.2, 0.25) is 0 Å². The number of likely N-dealkylation sites (tertiary alicyclic amines) is 1. The third-order valence-electron chi connectivity index (χ3n) is 5.35. The van der Waals surface area contributed by atoms with E-state index in [9.17, 15) is 4.79 Å². The van der Waals surface area contributed by atoms with Crippen molar-refractivity contribution in [3.8, 4) is 0 Å². The Labute approximate surface area is 157 Å². The first-order valence-electron chi connectivity index (χ1n) is 9.25. The van der Waals surface area contributed by atoms with Crippen LogP contribution in [0.5, 0.6) is 0 Å². The maximum Gasteiger partial charge on any atom is 0.323 e. The number of nitrogens with one attached hydrogen (secondary N) is 4. The summed E-state index contributed by atoms with van der Waals surface area (Å²) < 4.78 is 0. The molecular formula is C18H24N8O. The van der Waals surface area contributed by atoms with E-state index in [4.69, 9.17) is 0 Å². The minimum Gasteiger partial charge on any atom is -0.372 e. The van der Waals surface area contributed by atoms with Gasteiger partial charge in [-0.05, 0) is 30.7 Å². The molecule has 27 heavy (non-hydrogen) atoms. The molecule has 0 radical (unpaired) electrons. The maximum absolute atomic E-state index is 11.9. The normalized spacial score (nSPS) is 20.9. The molecule has 142 valence electrons. The van der Waals surface area contributed by atoms with Gasteiger partial charge in [0, 0.05) is 32.4 Å². The molecule has 9 nitrogen and oxygen atoms in total. The Balaban J connectivity index is 0.000000143. The fourth-order valence-corrected chi connectivity index (χ4v) is 3.99. The number of fused-ring (bicyclic) bond motifs is 2. The number of amides is 2. The number of hydrogen-bond acceptors (Lipinski definition) is 5. The number of hydrogen-bond donors (Lipinski definition) is 4. The molecule has 5 rings (SSSR count). The van der Waals surface area contributed by atoms with Gasteiger partial charge in [0.05, 0.1) is 11.6 Å². The Morgan fingerprint density at radius 3 is 2.74 bits per heavy atom. The van der Waals surface area contributed by atoms with Crippen LogP contribution in [0, 0.1) is 11.8 Å². The van der Waals surface area contributed by atoms with Gasteiger partial charge in [-0.25, -0.2) is 14.8 Å². The summed E-state index contributed by atoms with van der Waals surface area (Å²) >= 11 is 0. The lowest BCUT2D eigenvalue weighted by Crippen LogP contribution is -2.33. The van der Waals surface area contributed by atoms with Crippen LogP contribution in [0.15, 0.2) is 30.9 Å². The summed E-state index contributed by atoms with van der Waals surface area (Å²) in [7, 11) is 1.84. The van der Waals surface area contributed by atoms with E-state index in [1.807, 2.05) is 24.2 Å². The van der Waals surface area contributed by atoms with Gasteiger partial charge in [0.15, 0.2) is 0 Å². The second-order valence-corrected chi connectivity index (χ2v) is 6.97. The monoisotopic (exact) mass is 368 g/mol. The molecule has 2 atom stereocenters. The fourth-order valence-electron chi connectivity index (χ4n) is 3.99. The van der Waals surface area contributed by atoms with E-state index in [1.165, 1.54) is 25.6 Å². The molecule has 9 heteroatoms. The first kappa shape index (κ1) is 17.3. The highest BCUT2D eigenvalue weighted by molar-refractivity contribution is 5.88. The fraction of sp³-hybridized carbons (Fsp3) is 0.444. The third kappa shape index (κ3) is 3.71. The number of carbonyl (C=O) groups excluding carboxylic acids is 1. The molecule has 1 saturated carbocycles. The van der Waals surface area contributed by atoms with Crippen LogP contribution in [-0.4, -0.2) is 56.2 Å². The Hall–Kier alpha value is -3.10. The summed E-state index contributed by atoms with van der Waals surface area (Å²) in [5.41, 5.74) is 0.865. The van der Waals surface area contributed by atoms with Crippen LogP contribution in [0.4, 0.5) is 16.4 Å². The van der Waals surface area contributed by atoms with Gasteiger partial charge in [0.1, 0.15) is 23.6 Å². The van der Waals surface area contributed by atoms with E-state index in [2.05, 4.69) is 35.8 Å². The van der Waals surface area contributed by atoms with E-state index >= 15 is 0 Å². The average Bonchev–Trinajstić information content (AvgIpc) is 3.43. The van der Waals surface area contributed by atoms with E-state index in [0.717, 1.165) is 41.8 Å². The van der Waals surface area contributed by atoms with Crippen molar-refractivity contribution in [2.45, 2.75) is 19.3 Å². The standard InChI is InChI=1S/C11H16N4O.C7H8N4/c16-11(13-10-4-5-12-14-10)15-6-8-2-1-3-9(8)7-15;1-8-6-5-2-3-9-7(5)11-4-10-6/h4-5,8-9H,1-3,6-7H2,(H2,12,13,14,16);2-4H,1H3,(H2,8,9,10,11). The number of carbonyl (C=O) groups is 1. The second-order valence-electron chi connectivity index (χ2n) is 6.97. The largest absolute Gasteiger partial charge is 0.372 e. The van der Waals surface area contributed by atoms with E-state index in [1.54, 1.807) is 12.3 Å². The molecule has 2 aliphatic rings. The molecular weight excluding hydrogens is 344 g/mol. The molecule has 0 bridgehead atoms. The summed E-state index contributed by atoms with van der Waals surface area (Å²) in [4.78, 5) is 24.9. The lowest BCUT2D eigenvalue weighted by molar-refractivity contribution is 0.218. The van der Waals surface area contributed by atoms with Crippen molar-refractivity contribution in [1.82, 2.24) is 30.0 Å². The number of nitrogens with zero attached hydrogens (tertiary/aromatic N) is 4. The van der Waals surface area contributed by atoms with Gasteiger partial charge < -0.3 is 15.2 Å². The zero-order chi connectivity index (χ0) is 18.6. The molecule has 0 spiro atoms. The predicted octanol–water partition coefficient (Wildman–Crippen LogP) is 2.67. The second kappa shape index (κ2) is 7.65. The molecule has 1 saturated heterocycles. The molecule has 2 amide bonds. The first-order valence-corrected chi connectivity index (χ1v) is 9.25. The Bertz CT molecular complexity index is 878. The topological polar surface area (TPSA) is 115 Å². The predicted molar refractivity (Wildman–Crippen MR) is 103 cm³/mol. The third-order valence-corrected chi connectivity index (χ3v) is 5.35. The zero-order valence-corrected chi connectivity index (χ0v) is 15.3. The van der Waals surface area contributed by atoms with Gasteiger partial charge in [-0.1, -0.05) is 6.42 Å². The minimum absolute atomic E-state index is 0.00125. The first-order chi connectivity index (χ1) is 13.2. The van der Waals surface area contributed by atoms with Crippen LogP contribution < -0.4 is 10.6 Å². The number of aromatic amines is 2. The van der Waals surface area contributed by atoms with Crippen molar-refractivity contribution in [2.24, 2.45) is 11.8 Å². The maximum atomic E-state index is 11.9. The molecule has 2 unspecified atom stereocenters. The van der Waals surface area contributed by atoms with Crippen LogP contribution in [-0.2, 0) is 0 Å². The van der Waals surface area contributed by atoms with Crippen molar-refractivity contribution in [2.75, 3.05) is 30.8 Å². The van der Waals surface area contributed by atoms with Crippen molar-refractivity contribution >= 4 is 28.7 Å². The van der Waals surface area contributed by atoms with Crippen LogP contribution in [0.2, 0.25) is 0 Å². The Morgan fingerprint density at radius 1 is 1.22 bits per heavy atom. The van der Waals surface area contributed by atoms with Gasteiger partial charge in [-0.15, -0.1) is 0 Å². The molecule has 3 aromatic heterocycles. The quantitative estimate of drug-likeness (QED) is 0.555. The summed E-state index contributed by atoms with van der Waals surface area (Å²) in [6.45, 7) is 1.84. The molecule has 4 heterocycles. The number of anilines is 2. The van der Waals surface area contributed by atoms with Gasteiger partial charge in [-0.2, -0.15) is 5.10 Å². The molecule has 3 aromatic rings. The number of H-pyrrole nitrogens is 2. The van der Waals surface area contributed by atoms with Crippen molar-refractivity contribution in [1.29, 1.82) is 0 Å². The highest BCUT2D eigenvalue weighted by Crippen LogP contribution is 2.37. The average molecular weight is 368 g/mol. The molecule has 4 N–H and O–H groups in total. The summed E-state index contributed by atoms with van der Waals surface area (Å²) in [5.74, 6) is 3.01. The molecule has 0 aromatic carbocycles. The summed E-state index contributed by atoms with van der Waals surface area (Å²) in [6, 6.07) is 3.70. The molecule has 1 aliphatic heterocycles. The van der Waals surface area contributed by atoms with Gasteiger partial charge >= 0.3 is 6.03 Å². The minimum atomic E-state index is -0.00125. The number of aromatic nitrogens is 5. The van der Waals surface area contributed by atoms with E-state index in [-0.39, 0.29) is 6.03 Å². The van der Waals surface area contributed by atoms with Crippen molar-refractivity contribution in [3.63, 3.8) is 0 Å². The van der Waals surface area contributed by atoms with E-state index < -0.39 is 0 Å². The van der Waals surface area contributed by atoms with Crippen LogP contribution in [0.25, 0.3) is 11.0 Å². The Morgan fingerprint density at radius 2 is 2.04 bits per heavy atom. The number of rotatable bonds is 2. The van der Waals surface area contributed by atoms with Crippen LogP contribution in [0.1, 0.15) is 19.3 Å². The Kier molecular flexibility index (Phi) is 4.91. The summed E-state index contributed by atoms with van der Waals surface area (Å²) in [5, 5.41) is 13.4. The highest BCUT2D eigenvalue weighted by atomic mass is 16.2. The van der Waals surface area contributed by atoms with Crippen molar-refractivity contribution < 1.29 is 4.79 Å². The van der Waals surface area contributed by atoms with Gasteiger partial charge in [-0.3, -0.25) is 10.4 Å². The summed E-state index contributed by atoms with van der Waals surface area (Å²) in [6.07, 6.45) is 8.93. The lowest BCUT2D eigenvalue weighted by atomic mass is 10.0.